The summed E-state index contributed by atoms with van der Waals surface area (Å²) in [6.07, 6.45) is 3.13. The van der Waals surface area contributed by atoms with Gasteiger partial charge in [-0.3, -0.25) is 9.59 Å². The molecule has 0 heterocycles. The average Bonchev–Trinajstić information content (AvgIpc) is 2.72. The van der Waals surface area contributed by atoms with Gasteiger partial charge in [0.2, 0.25) is 11.8 Å². The normalized spacial score (nSPS) is 13.1. The van der Waals surface area contributed by atoms with Crippen LogP contribution in [0.2, 0.25) is 0 Å². The van der Waals surface area contributed by atoms with Gasteiger partial charge in [0.05, 0.1) is 0 Å². The molecule has 190 valence electrons. The van der Waals surface area contributed by atoms with Crippen LogP contribution in [-0.4, -0.2) is 47.5 Å². The van der Waals surface area contributed by atoms with Gasteiger partial charge in [0.15, 0.2) is 0 Å². The van der Waals surface area contributed by atoms with Gasteiger partial charge < -0.3 is 20.3 Å². The van der Waals surface area contributed by atoms with Crippen molar-refractivity contribution in [3.8, 4) is 0 Å². The molecule has 0 radical (unpaired) electrons. The van der Waals surface area contributed by atoms with Crippen molar-refractivity contribution >= 4 is 17.9 Å². The highest BCUT2D eigenvalue weighted by Crippen LogP contribution is 2.26. The van der Waals surface area contributed by atoms with E-state index >= 15 is 0 Å². The van der Waals surface area contributed by atoms with Crippen molar-refractivity contribution < 1.29 is 19.1 Å². The smallest absolute Gasteiger partial charge is 0.408 e. The quantitative estimate of drug-likeness (QED) is 0.334. The summed E-state index contributed by atoms with van der Waals surface area (Å²) in [5.74, 6) is -0.471. The molecule has 0 aliphatic rings. The molecule has 0 bridgehead atoms. The molecule has 2 N–H and O–H groups in total. The number of carbonyl (C=O) groups is 3. The topological polar surface area (TPSA) is 87.7 Å². The molecule has 0 saturated carbocycles. The molecular formula is C27H43N3O4. The van der Waals surface area contributed by atoms with Gasteiger partial charge >= 0.3 is 6.09 Å². The van der Waals surface area contributed by atoms with Crippen molar-refractivity contribution in [3.63, 3.8) is 0 Å². The molecule has 34 heavy (non-hydrogen) atoms. The van der Waals surface area contributed by atoms with Crippen molar-refractivity contribution in [1.82, 2.24) is 15.5 Å². The molecule has 1 aromatic rings. The molecule has 3 amide bonds. The highest BCUT2D eigenvalue weighted by molar-refractivity contribution is 5.92. The number of amides is 3. The molecule has 0 spiro atoms. The van der Waals surface area contributed by atoms with Gasteiger partial charge in [-0.1, -0.05) is 57.5 Å². The lowest BCUT2D eigenvalue weighted by Crippen LogP contribution is -2.53. The first-order valence-corrected chi connectivity index (χ1v) is 12.1. The Balaban J connectivity index is 3.39. The summed E-state index contributed by atoms with van der Waals surface area (Å²) in [5, 5.41) is 5.71. The van der Waals surface area contributed by atoms with Gasteiger partial charge in [-0.2, -0.15) is 0 Å². The molecule has 1 aromatic carbocycles. The fraction of sp³-hybridized carbons (Fsp3) is 0.593. The summed E-state index contributed by atoms with van der Waals surface area (Å²) >= 11 is 0. The van der Waals surface area contributed by atoms with E-state index in [1.807, 2.05) is 45.0 Å². The predicted molar refractivity (Wildman–Crippen MR) is 136 cm³/mol. The van der Waals surface area contributed by atoms with Gasteiger partial charge in [0.1, 0.15) is 17.7 Å². The van der Waals surface area contributed by atoms with Crippen LogP contribution in [0.5, 0.6) is 0 Å². The standard InChI is InChI=1S/C27H43N3O4/c1-9-11-16-28-24(31)23(21-15-13-12-14-20(21)5)30(17-10-2)25(32)22(18-19(3)4)29-26(33)34-27(6,7)8/h10,12-15,19,22-23H,2,9,11,16-18H2,1,3-8H3,(H,28,31)(H,29,33). The molecule has 0 saturated heterocycles. The van der Waals surface area contributed by atoms with Crippen LogP contribution in [0.25, 0.3) is 0 Å². The Morgan fingerprint density at radius 1 is 1.18 bits per heavy atom. The molecule has 7 nitrogen and oxygen atoms in total. The van der Waals surface area contributed by atoms with Crippen LogP contribution >= 0.6 is 0 Å². The maximum absolute atomic E-state index is 13.9. The molecule has 0 aliphatic carbocycles. The minimum Gasteiger partial charge on any atom is -0.444 e. The van der Waals surface area contributed by atoms with Gasteiger partial charge in [-0.05, 0) is 57.6 Å². The Hall–Kier alpha value is -2.83. The largest absolute Gasteiger partial charge is 0.444 e. The number of hydrogen-bond acceptors (Lipinski definition) is 4. The molecule has 0 aromatic heterocycles. The SMILES string of the molecule is C=CCN(C(=O)C(CC(C)C)NC(=O)OC(C)(C)C)C(C(=O)NCCCC)c1ccccc1C. The first-order valence-electron chi connectivity index (χ1n) is 12.1. The number of unbranched alkanes of at least 4 members (excludes halogenated alkanes) is 1. The van der Waals surface area contributed by atoms with Crippen LogP contribution in [0.4, 0.5) is 4.79 Å². The Labute approximate surface area is 205 Å². The maximum Gasteiger partial charge on any atom is 0.408 e. The second kappa shape index (κ2) is 13.8. The monoisotopic (exact) mass is 473 g/mol. The lowest BCUT2D eigenvalue weighted by Gasteiger charge is -2.35. The van der Waals surface area contributed by atoms with E-state index in [2.05, 4.69) is 24.1 Å². The molecule has 2 unspecified atom stereocenters. The Morgan fingerprint density at radius 2 is 1.82 bits per heavy atom. The summed E-state index contributed by atoms with van der Waals surface area (Å²) in [5.41, 5.74) is 0.951. The van der Waals surface area contributed by atoms with E-state index in [-0.39, 0.29) is 24.3 Å². The van der Waals surface area contributed by atoms with Crippen LogP contribution in [-0.2, 0) is 14.3 Å². The lowest BCUT2D eigenvalue weighted by atomic mass is 9.96. The van der Waals surface area contributed by atoms with Crippen LogP contribution in [0, 0.1) is 12.8 Å². The second-order valence-corrected chi connectivity index (χ2v) is 10.0. The summed E-state index contributed by atoms with van der Waals surface area (Å²) in [6.45, 7) is 17.7. The van der Waals surface area contributed by atoms with Crippen molar-refractivity contribution in [2.45, 2.75) is 85.4 Å². The number of nitrogens with zero attached hydrogens (tertiary/aromatic N) is 1. The number of rotatable bonds is 12. The van der Waals surface area contributed by atoms with E-state index in [4.69, 9.17) is 4.74 Å². The zero-order valence-electron chi connectivity index (χ0n) is 21.9. The van der Waals surface area contributed by atoms with Crippen LogP contribution < -0.4 is 10.6 Å². The average molecular weight is 474 g/mol. The zero-order chi connectivity index (χ0) is 25.9. The number of hydrogen-bond donors (Lipinski definition) is 2. The lowest BCUT2D eigenvalue weighted by molar-refractivity contribution is -0.142. The number of aryl methyl sites for hydroxylation is 1. The van der Waals surface area contributed by atoms with E-state index in [1.165, 1.54) is 4.90 Å². The highest BCUT2D eigenvalue weighted by Gasteiger charge is 2.36. The van der Waals surface area contributed by atoms with Crippen LogP contribution in [0.3, 0.4) is 0 Å². The molecule has 2 atom stereocenters. The Morgan fingerprint density at radius 3 is 2.35 bits per heavy atom. The number of ether oxygens (including phenoxy) is 1. The highest BCUT2D eigenvalue weighted by atomic mass is 16.6. The predicted octanol–water partition coefficient (Wildman–Crippen LogP) is 4.91. The van der Waals surface area contributed by atoms with E-state index in [0.717, 1.165) is 24.0 Å². The molecule has 0 aliphatic heterocycles. The number of carbonyl (C=O) groups excluding carboxylic acids is 3. The van der Waals surface area contributed by atoms with Gasteiger partial charge in [0, 0.05) is 13.1 Å². The van der Waals surface area contributed by atoms with Crippen molar-refractivity contribution in [1.29, 1.82) is 0 Å². The zero-order valence-corrected chi connectivity index (χ0v) is 21.9. The van der Waals surface area contributed by atoms with Gasteiger partial charge in [0.25, 0.3) is 0 Å². The molecule has 0 fully saturated rings. The Bertz CT molecular complexity index is 829. The molecule has 1 rings (SSSR count). The summed E-state index contributed by atoms with van der Waals surface area (Å²) in [4.78, 5) is 41.3. The Kier molecular flexibility index (Phi) is 11.8. The minimum atomic E-state index is -0.848. The molecule has 7 heteroatoms. The third-order valence-electron chi connectivity index (χ3n) is 5.18. The van der Waals surface area contributed by atoms with E-state index in [9.17, 15) is 14.4 Å². The molecular weight excluding hydrogens is 430 g/mol. The summed E-state index contributed by atoms with van der Waals surface area (Å²) in [7, 11) is 0. The van der Waals surface area contributed by atoms with Crippen LogP contribution in [0.15, 0.2) is 36.9 Å². The summed E-state index contributed by atoms with van der Waals surface area (Å²) in [6, 6.07) is 5.85. The van der Waals surface area contributed by atoms with Gasteiger partial charge in [-0.25, -0.2) is 4.79 Å². The van der Waals surface area contributed by atoms with E-state index < -0.39 is 23.8 Å². The first-order chi connectivity index (χ1) is 15.9. The van der Waals surface area contributed by atoms with Crippen molar-refractivity contribution in [2.24, 2.45) is 5.92 Å². The minimum absolute atomic E-state index is 0.129. The number of alkyl carbamates (subject to hydrolysis) is 1. The fourth-order valence-corrected chi connectivity index (χ4v) is 3.63. The van der Waals surface area contributed by atoms with E-state index in [1.54, 1.807) is 26.8 Å². The maximum atomic E-state index is 13.9. The van der Waals surface area contributed by atoms with Gasteiger partial charge in [-0.15, -0.1) is 6.58 Å². The summed E-state index contributed by atoms with van der Waals surface area (Å²) < 4.78 is 5.40. The van der Waals surface area contributed by atoms with Crippen LogP contribution in [0.1, 0.15) is 78.0 Å². The second-order valence-electron chi connectivity index (χ2n) is 10.0. The number of nitrogens with one attached hydrogen (secondary N) is 2. The van der Waals surface area contributed by atoms with E-state index in [0.29, 0.717) is 13.0 Å². The third kappa shape index (κ3) is 9.57. The first kappa shape index (κ1) is 29.2. The van der Waals surface area contributed by atoms with Crippen molar-refractivity contribution in [3.05, 3.63) is 48.0 Å². The number of benzene rings is 1. The fourth-order valence-electron chi connectivity index (χ4n) is 3.63. The van der Waals surface area contributed by atoms with Crippen molar-refractivity contribution in [2.75, 3.05) is 13.1 Å². The third-order valence-corrected chi connectivity index (χ3v) is 5.18.